The standard InChI is InChI=1S/C17H14F2N2O3/c1-9(22)13-6-11-12(7-20-17(11)23)16(21-13)10-4-2-3-5-14(10)24-8-15(18)19/h2-6,15H,7-8H2,1H3,(H,20,23). The molecular formula is C17H14F2N2O3. The fourth-order valence-electron chi connectivity index (χ4n) is 2.56. The van der Waals surface area contributed by atoms with Gasteiger partial charge in [0.15, 0.2) is 5.78 Å². The highest BCUT2D eigenvalue weighted by Gasteiger charge is 2.26. The highest BCUT2D eigenvalue weighted by molar-refractivity contribution is 6.03. The van der Waals surface area contributed by atoms with Crippen LogP contribution < -0.4 is 10.1 Å². The molecule has 0 fully saturated rings. The monoisotopic (exact) mass is 332 g/mol. The number of fused-ring (bicyclic) bond motifs is 1. The first-order valence-corrected chi connectivity index (χ1v) is 7.30. The van der Waals surface area contributed by atoms with Gasteiger partial charge in [0.2, 0.25) is 0 Å². The summed E-state index contributed by atoms with van der Waals surface area (Å²) in [6.45, 7) is 0.866. The number of hydrogen-bond acceptors (Lipinski definition) is 4. The highest BCUT2D eigenvalue weighted by Crippen LogP contribution is 2.34. The molecule has 1 aromatic carbocycles. The van der Waals surface area contributed by atoms with Gasteiger partial charge in [-0.1, -0.05) is 12.1 Å². The lowest BCUT2D eigenvalue weighted by molar-refractivity contribution is 0.0821. The van der Waals surface area contributed by atoms with E-state index in [1.165, 1.54) is 13.0 Å². The van der Waals surface area contributed by atoms with Gasteiger partial charge in [0, 0.05) is 30.2 Å². The first kappa shape index (κ1) is 16.0. The molecule has 2 aromatic rings. The van der Waals surface area contributed by atoms with Gasteiger partial charge in [-0.3, -0.25) is 9.59 Å². The van der Waals surface area contributed by atoms with Gasteiger partial charge in [-0.05, 0) is 18.2 Å². The number of nitrogens with one attached hydrogen (secondary N) is 1. The fourth-order valence-corrected chi connectivity index (χ4v) is 2.56. The molecule has 1 N–H and O–H groups in total. The molecule has 1 aliphatic rings. The number of aromatic nitrogens is 1. The average Bonchev–Trinajstić information content (AvgIpc) is 2.94. The number of ether oxygens (including phenoxy) is 1. The van der Waals surface area contributed by atoms with Crippen LogP contribution >= 0.6 is 0 Å². The second kappa shape index (κ2) is 6.35. The molecule has 3 rings (SSSR count). The van der Waals surface area contributed by atoms with Gasteiger partial charge in [-0.15, -0.1) is 0 Å². The van der Waals surface area contributed by atoms with Crippen LogP contribution in [0.4, 0.5) is 8.78 Å². The van der Waals surface area contributed by atoms with Crippen LogP contribution in [0.5, 0.6) is 5.75 Å². The summed E-state index contributed by atoms with van der Waals surface area (Å²) in [4.78, 5) is 28.0. The van der Waals surface area contributed by atoms with Gasteiger partial charge in [0.1, 0.15) is 18.1 Å². The maximum Gasteiger partial charge on any atom is 0.272 e. The van der Waals surface area contributed by atoms with E-state index in [1.54, 1.807) is 24.3 Å². The molecule has 0 saturated carbocycles. The predicted molar refractivity (Wildman–Crippen MR) is 82.3 cm³/mol. The molecule has 1 aromatic heterocycles. The van der Waals surface area contributed by atoms with Crippen LogP contribution in [0.25, 0.3) is 11.3 Å². The summed E-state index contributed by atoms with van der Waals surface area (Å²) in [5, 5.41) is 2.68. The van der Waals surface area contributed by atoms with Crippen molar-refractivity contribution in [3.8, 4) is 17.0 Å². The van der Waals surface area contributed by atoms with Crippen LogP contribution in [-0.2, 0) is 6.54 Å². The quantitative estimate of drug-likeness (QED) is 0.855. The van der Waals surface area contributed by atoms with E-state index in [0.717, 1.165) is 0 Å². The van der Waals surface area contributed by atoms with Crippen LogP contribution in [0, 0.1) is 0 Å². The number of rotatable bonds is 5. The summed E-state index contributed by atoms with van der Waals surface area (Å²) in [5.74, 6) is -0.348. The Morgan fingerprint density at radius 3 is 2.79 bits per heavy atom. The Morgan fingerprint density at radius 1 is 1.33 bits per heavy atom. The minimum Gasteiger partial charge on any atom is -0.487 e. The number of para-hydroxylation sites is 1. The third kappa shape index (κ3) is 2.97. The fraction of sp³-hybridized carbons (Fsp3) is 0.235. The number of halogens is 2. The molecule has 0 saturated heterocycles. The van der Waals surface area contributed by atoms with E-state index < -0.39 is 13.0 Å². The third-order valence-corrected chi connectivity index (χ3v) is 3.66. The number of carbonyl (C=O) groups is 2. The molecule has 2 heterocycles. The van der Waals surface area contributed by atoms with E-state index >= 15 is 0 Å². The van der Waals surface area contributed by atoms with E-state index in [0.29, 0.717) is 22.4 Å². The summed E-state index contributed by atoms with van der Waals surface area (Å²) in [6.07, 6.45) is -2.61. The van der Waals surface area contributed by atoms with E-state index in [1.807, 2.05) is 0 Å². The Balaban J connectivity index is 2.15. The lowest BCUT2D eigenvalue weighted by Gasteiger charge is -2.13. The van der Waals surface area contributed by atoms with Crippen LogP contribution in [0.15, 0.2) is 30.3 Å². The van der Waals surface area contributed by atoms with Crippen molar-refractivity contribution < 1.29 is 23.1 Å². The molecule has 124 valence electrons. The molecule has 24 heavy (non-hydrogen) atoms. The Morgan fingerprint density at radius 2 is 2.08 bits per heavy atom. The van der Waals surface area contributed by atoms with Crippen LogP contribution in [0.1, 0.15) is 33.3 Å². The minimum absolute atomic E-state index is 0.143. The predicted octanol–water partition coefficient (Wildman–Crippen LogP) is 2.84. The van der Waals surface area contributed by atoms with Gasteiger partial charge >= 0.3 is 0 Å². The number of ketones is 1. The molecule has 1 aliphatic heterocycles. The van der Waals surface area contributed by atoms with Crippen LogP contribution in [-0.4, -0.2) is 29.7 Å². The topological polar surface area (TPSA) is 68.3 Å². The number of alkyl halides is 2. The second-order valence-electron chi connectivity index (χ2n) is 5.32. The van der Waals surface area contributed by atoms with Crippen molar-refractivity contribution in [2.45, 2.75) is 19.9 Å². The zero-order valence-electron chi connectivity index (χ0n) is 12.8. The van der Waals surface area contributed by atoms with Crippen molar-refractivity contribution in [2.24, 2.45) is 0 Å². The lowest BCUT2D eigenvalue weighted by atomic mass is 10.0. The number of Topliss-reactive ketones (excluding diaryl/α,β-unsaturated/α-hetero) is 1. The Bertz CT molecular complexity index is 821. The normalized spacial score (nSPS) is 12.9. The largest absolute Gasteiger partial charge is 0.487 e. The Hall–Kier alpha value is -2.83. The maximum absolute atomic E-state index is 12.5. The molecule has 0 bridgehead atoms. The smallest absolute Gasteiger partial charge is 0.272 e. The van der Waals surface area contributed by atoms with Gasteiger partial charge in [-0.2, -0.15) is 0 Å². The summed E-state index contributed by atoms with van der Waals surface area (Å²) in [7, 11) is 0. The van der Waals surface area contributed by atoms with Gasteiger partial charge in [-0.25, -0.2) is 13.8 Å². The average molecular weight is 332 g/mol. The molecule has 0 radical (unpaired) electrons. The number of benzene rings is 1. The lowest BCUT2D eigenvalue weighted by Crippen LogP contribution is -2.12. The number of nitrogens with zero attached hydrogens (tertiary/aromatic N) is 1. The molecule has 5 nitrogen and oxygen atoms in total. The van der Waals surface area contributed by atoms with Crippen molar-refractivity contribution in [3.63, 3.8) is 0 Å². The first-order valence-electron chi connectivity index (χ1n) is 7.30. The SMILES string of the molecule is CC(=O)c1cc2c(c(-c3ccccc3OCC(F)F)n1)CNC2=O. The van der Waals surface area contributed by atoms with Gasteiger partial charge in [0.05, 0.1) is 5.69 Å². The van der Waals surface area contributed by atoms with E-state index in [9.17, 15) is 18.4 Å². The Labute approximate surface area is 136 Å². The van der Waals surface area contributed by atoms with Crippen molar-refractivity contribution >= 4 is 11.7 Å². The van der Waals surface area contributed by atoms with E-state index in [-0.39, 0.29) is 29.7 Å². The minimum atomic E-state index is -2.61. The first-order chi connectivity index (χ1) is 11.5. The molecule has 1 amide bonds. The number of hydrogen-bond donors (Lipinski definition) is 1. The summed E-state index contributed by atoms with van der Waals surface area (Å²) >= 11 is 0. The van der Waals surface area contributed by atoms with E-state index in [2.05, 4.69) is 10.3 Å². The highest BCUT2D eigenvalue weighted by atomic mass is 19.3. The molecule has 7 heteroatoms. The summed E-state index contributed by atoms with van der Waals surface area (Å²) in [5.41, 5.74) is 1.99. The van der Waals surface area contributed by atoms with Crippen molar-refractivity contribution in [2.75, 3.05) is 6.61 Å². The number of amides is 1. The molecule has 0 spiro atoms. The Kier molecular flexibility index (Phi) is 4.24. The summed E-state index contributed by atoms with van der Waals surface area (Å²) < 4.78 is 30.1. The van der Waals surface area contributed by atoms with Gasteiger partial charge < -0.3 is 10.1 Å². The zero-order valence-corrected chi connectivity index (χ0v) is 12.8. The second-order valence-corrected chi connectivity index (χ2v) is 5.32. The number of carbonyl (C=O) groups excluding carboxylic acids is 2. The maximum atomic E-state index is 12.5. The zero-order chi connectivity index (χ0) is 17.3. The molecule has 0 unspecified atom stereocenters. The summed E-state index contributed by atoms with van der Waals surface area (Å²) in [6, 6.07) is 8.03. The van der Waals surface area contributed by atoms with Crippen molar-refractivity contribution in [3.05, 3.63) is 47.2 Å². The van der Waals surface area contributed by atoms with Crippen molar-refractivity contribution in [1.82, 2.24) is 10.3 Å². The van der Waals surface area contributed by atoms with Crippen molar-refractivity contribution in [1.29, 1.82) is 0 Å². The molecule has 0 atom stereocenters. The van der Waals surface area contributed by atoms with E-state index in [4.69, 9.17) is 4.74 Å². The number of pyridine rings is 1. The van der Waals surface area contributed by atoms with Crippen LogP contribution in [0.3, 0.4) is 0 Å². The molecule has 0 aliphatic carbocycles. The molecular weight excluding hydrogens is 318 g/mol. The van der Waals surface area contributed by atoms with Crippen LogP contribution in [0.2, 0.25) is 0 Å². The van der Waals surface area contributed by atoms with Gasteiger partial charge in [0.25, 0.3) is 12.3 Å². The third-order valence-electron chi connectivity index (χ3n) is 3.66.